The lowest BCUT2D eigenvalue weighted by Gasteiger charge is -2.24. The third kappa shape index (κ3) is 3.45. The molecule has 1 aliphatic heterocycles. The standard InChI is InChI=1S/C19H19FN2O2/c1-13-4-6-14(7-5-13)19(24)22-12-2-3-17(22)18(23)21-16-10-8-15(20)9-11-16/h4-11,17H,2-3,12H2,1H3,(H,21,23). The smallest absolute Gasteiger partial charge is 0.254 e. The maximum Gasteiger partial charge on any atom is 0.254 e. The Kier molecular flexibility index (Phi) is 4.60. The monoisotopic (exact) mass is 326 g/mol. The van der Waals surface area contributed by atoms with Gasteiger partial charge in [0.25, 0.3) is 5.91 Å². The molecule has 1 fully saturated rings. The molecule has 1 N–H and O–H groups in total. The van der Waals surface area contributed by atoms with Gasteiger partial charge in [0.15, 0.2) is 0 Å². The normalized spacial score (nSPS) is 16.9. The van der Waals surface area contributed by atoms with E-state index in [1.165, 1.54) is 24.3 Å². The van der Waals surface area contributed by atoms with Crippen LogP contribution in [0.25, 0.3) is 0 Å². The van der Waals surface area contributed by atoms with Crippen molar-refractivity contribution in [2.75, 3.05) is 11.9 Å². The van der Waals surface area contributed by atoms with Gasteiger partial charge in [-0.2, -0.15) is 0 Å². The zero-order valence-electron chi connectivity index (χ0n) is 13.5. The van der Waals surface area contributed by atoms with Crippen LogP contribution in [0, 0.1) is 12.7 Å². The number of benzene rings is 2. The molecule has 0 aromatic heterocycles. The molecule has 24 heavy (non-hydrogen) atoms. The van der Waals surface area contributed by atoms with E-state index in [9.17, 15) is 14.0 Å². The molecule has 0 saturated carbocycles. The van der Waals surface area contributed by atoms with Crippen LogP contribution in [0.2, 0.25) is 0 Å². The van der Waals surface area contributed by atoms with Gasteiger partial charge < -0.3 is 10.2 Å². The predicted octanol–water partition coefficient (Wildman–Crippen LogP) is 3.38. The third-order valence-corrected chi connectivity index (χ3v) is 4.23. The minimum Gasteiger partial charge on any atom is -0.327 e. The van der Waals surface area contributed by atoms with Gasteiger partial charge in [0, 0.05) is 17.8 Å². The fourth-order valence-electron chi connectivity index (χ4n) is 2.90. The molecule has 4 nitrogen and oxygen atoms in total. The summed E-state index contributed by atoms with van der Waals surface area (Å²) < 4.78 is 12.9. The average Bonchev–Trinajstić information content (AvgIpc) is 3.07. The third-order valence-electron chi connectivity index (χ3n) is 4.23. The van der Waals surface area contributed by atoms with Gasteiger partial charge in [-0.3, -0.25) is 9.59 Å². The first-order chi connectivity index (χ1) is 11.5. The summed E-state index contributed by atoms with van der Waals surface area (Å²) in [6.45, 7) is 2.53. The number of rotatable bonds is 3. The van der Waals surface area contributed by atoms with Gasteiger partial charge in [0.05, 0.1) is 0 Å². The summed E-state index contributed by atoms with van der Waals surface area (Å²) >= 11 is 0. The van der Waals surface area contributed by atoms with E-state index in [-0.39, 0.29) is 17.6 Å². The molecular weight excluding hydrogens is 307 g/mol. The van der Waals surface area contributed by atoms with E-state index < -0.39 is 6.04 Å². The molecule has 0 aliphatic carbocycles. The topological polar surface area (TPSA) is 49.4 Å². The Bertz CT molecular complexity index is 741. The number of hydrogen-bond acceptors (Lipinski definition) is 2. The minimum atomic E-state index is -0.496. The van der Waals surface area contributed by atoms with Gasteiger partial charge in [-0.25, -0.2) is 4.39 Å². The molecule has 1 atom stereocenters. The fraction of sp³-hybridized carbons (Fsp3) is 0.263. The second-order valence-corrected chi connectivity index (χ2v) is 6.02. The highest BCUT2D eigenvalue weighted by Gasteiger charge is 2.34. The number of nitrogens with zero attached hydrogens (tertiary/aromatic N) is 1. The largest absolute Gasteiger partial charge is 0.327 e. The summed E-state index contributed by atoms with van der Waals surface area (Å²) in [7, 11) is 0. The first-order valence-electron chi connectivity index (χ1n) is 7.98. The van der Waals surface area contributed by atoms with Crippen molar-refractivity contribution in [3.63, 3.8) is 0 Å². The Morgan fingerprint density at radius 3 is 2.42 bits per heavy atom. The van der Waals surface area contributed by atoms with Crippen LogP contribution in [-0.2, 0) is 4.79 Å². The molecule has 2 amide bonds. The molecule has 1 aliphatic rings. The number of halogens is 1. The first kappa shape index (κ1) is 16.2. The second-order valence-electron chi connectivity index (χ2n) is 6.02. The molecule has 2 aromatic carbocycles. The summed E-state index contributed by atoms with van der Waals surface area (Å²) in [6.07, 6.45) is 1.42. The molecule has 124 valence electrons. The van der Waals surface area contributed by atoms with Gasteiger partial charge in [0.2, 0.25) is 5.91 Å². The van der Waals surface area contributed by atoms with E-state index in [1.54, 1.807) is 17.0 Å². The lowest BCUT2D eigenvalue weighted by atomic mass is 10.1. The van der Waals surface area contributed by atoms with E-state index in [0.29, 0.717) is 24.2 Å². The quantitative estimate of drug-likeness (QED) is 0.940. The van der Waals surface area contributed by atoms with Crippen molar-refractivity contribution >= 4 is 17.5 Å². The zero-order chi connectivity index (χ0) is 17.1. The van der Waals surface area contributed by atoms with Gasteiger partial charge >= 0.3 is 0 Å². The Morgan fingerprint density at radius 2 is 1.75 bits per heavy atom. The number of amides is 2. The number of anilines is 1. The van der Waals surface area contributed by atoms with Crippen molar-refractivity contribution in [2.24, 2.45) is 0 Å². The van der Waals surface area contributed by atoms with Gasteiger partial charge in [-0.1, -0.05) is 17.7 Å². The average molecular weight is 326 g/mol. The maximum absolute atomic E-state index is 12.9. The van der Waals surface area contributed by atoms with Gasteiger partial charge in [-0.15, -0.1) is 0 Å². The molecule has 2 aromatic rings. The number of carbonyl (C=O) groups is 2. The van der Waals surface area contributed by atoms with Crippen LogP contribution in [0.1, 0.15) is 28.8 Å². The summed E-state index contributed by atoms with van der Waals surface area (Å²) in [4.78, 5) is 26.8. The van der Waals surface area contributed by atoms with Crippen molar-refractivity contribution < 1.29 is 14.0 Å². The summed E-state index contributed by atoms with van der Waals surface area (Å²) in [5, 5.41) is 2.76. The molecule has 0 bridgehead atoms. The van der Waals surface area contributed by atoms with Gasteiger partial charge in [0.1, 0.15) is 11.9 Å². The second kappa shape index (κ2) is 6.83. The van der Waals surface area contributed by atoms with E-state index in [1.807, 2.05) is 19.1 Å². The van der Waals surface area contributed by atoms with E-state index in [4.69, 9.17) is 0 Å². The SMILES string of the molecule is Cc1ccc(C(=O)N2CCCC2C(=O)Nc2ccc(F)cc2)cc1. The number of likely N-dealkylation sites (tertiary alicyclic amines) is 1. The van der Waals surface area contributed by atoms with Gasteiger partial charge in [-0.05, 0) is 56.2 Å². The number of aryl methyl sites for hydroxylation is 1. The Morgan fingerprint density at radius 1 is 1.08 bits per heavy atom. The molecule has 0 radical (unpaired) electrons. The van der Waals surface area contributed by atoms with Crippen molar-refractivity contribution in [1.82, 2.24) is 4.90 Å². The Hall–Kier alpha value is -2.69. The van der Waals surface area contributed by atoms with Crippen LogP contribution >= 0.6 is 0 Å². The molecule has 5 heteroatoms. The van der Waals surface area contributed by atoms with Crippen LogP contribution < -0.4 is 5.32 Å². The lowest BCUT2D eigenvalue weighted by Crippen LogP contribution is -2.43. The summed E-state index contributed by atoms with van der Waals surface area (Å²) in [6, 6.07) is 12.4. The number of nitrogens with one attached hydrogen (secondary N) is 1. The number of hydrogen-bond donors (Lipinski definition) is 1. The highest BCUT2D eigenvalue weighted by Crippen LogP contribution is 2.22. The highest BCUT2D eigenvalue weighted by molar-refractivity contribution is 6.01. The van der Waals surface area contributed by atoms with Crippen molar-refractivity contribution in [1.29, 1.82) is 0 Å². The molecule has 1 saturated heterocycles. The lowest BCUT2D eigenvalue weighted by molar-refractivity contribution is -0.119. The maximum atomic E-state index is 12.9. The van der Waals surface area contributed by atoms with Crippen molar-refractivity contribution in [3.8, 4) is 0 Å². The van der Waals surface area contributed by atoms with Crippen molar-refractivity contribution in [2.45, 2.75) is 25.8 Å². The zero-order valence-corrected chi connectivity index (χ0v) is 13.5. The van der Waals surface area contributed by atoms with E-state index in [2.05, 4.69) is 5.32 Å². The van der Waals surface area contributed by atoms with Crippen LogP contribution in [0.4, 0.5) is 10.1 Å². The number of carbonyl (C=O) groups excluding carboxylic acids is 2. The van der Waals surface area contributed by atoms with Crippen LogP contribution in [0.15, 0.2) is 48.5 Å². The van der Waals surface area contributed by atoms with Crippen molar-refractivity contribution in [3.05, 3.63) is 65.5 Å². The Balaban J connectivity index is 1.72. The molecular formula is C19H19FN2O2. The fourth-order valence-corrected chi connectivity index (χ4v) is 2.90. The minimum absolute atomic E-state index is 0.133. The highest BCUT2D eigenvalue weighted by atomic mass is 19.1. The van der Waals surface area contributed by atoms with Crippen LogP contribution in [0.5, 0.6) is 0 Å². The predicted molar refractivity (Wildman–Crippen MR) is 90.3 cm³/mol. The van der Waals surface area contributed by atoms with E-state index >= 15 is 0 Å². The molecule has 0 spiro atoms. The summed E-state index contributed by atoms with van der Waals surface area (Å²) in [5.41, 5.74) is 2.19. The first-order valence-corrected chi connectivity index (χ1v) is 7.98. The molecule has 1 heterocycles. The van der Waals surface area contributed by atoms with Crippen LogP contribution in [-0.4, -0.2) is 29.3 Å². The Labute approximate surface area is 140 Å². The molecule has 3 rings (SSSR count). The van der Waals surface area contributed by atoms with Crippen LogP contribution in [0.3, 0.4) is 0 Å². The van der Waals surface area contributed by atoms with E-state index in [0.717, 1.165) is 12.0 Å². The molecule has 1 unspecified atom stereocenters. The summed E-state index contributed by atoms with van der Waals surface area (Å²) in [5.74, 6) is -0.726.